The first-order valence-corrected chi connectivity index (χ1v) is 6.18. The standard InChI is InChI=1S/C12H18N2O4/c1-8(2)5-9(15)6-11-13-12(14-18-11)10-7-16-3-4-17-10/h8,10H,3-7H2,1-2H3. The summed E-state index contributed by atoms with van der Waals surface area (Å²) in [6, 6.07) is 0. The van der Waals surface area contributed by atoms with E-state index in [4.69, 9.17) is 14.0 Å². The molecule has 2 heterocycles. The van der Waals surface area contributed by atoms with Gasteiger partial charge in [-0.2, -0.15) is 4.98 Å². The molecule has 1 aliphatic rings. The molecule has 0 aromatic carbocycles. The van der Waals surface area contributed by atoms with Gasteiger partial charge in [-0.05, 0) is 5.92 Å². The number of hydrogen-bond donors (Lipinski definition) is 0. The van der Waals surface area contributed by atoms with E-state index >= 15 is 0 Å². The fourth-order valence-electron chi connectivity index (χ4n) is 1.80. The zero-order valence-corrected chi connectivity index (χ0v) is 10.7. The Labute approximate surface area is 106 Å². The molecular formula is C12H18N2O4. The van der Waals surface area contributed by atoms with Gasteiger partial charge in [0.2, 0.25) is 11.7 Å². The van der Waals surface area contributed by atoms with Crippen molar-refractivity contribution in [1.29, 1.82) is 0 Å². The molecule has 1 unspecified atom stereocenters. The number of rotatable bonds is 5. The highest BCUT2D eigenvalue weighted by Gasteiger charge is 2.23. The molecule has 1 atom stereocenters. The van der Waals surface area contributed by atoms with Crippen molar-refractivity contribution in [2.24, 2.45) is 5.92 Å². The van der Waals surface area contributed by atoms with Crippen LogP contribution in [-0.4, -0.2) is 35.7 Å². The normalized spacial score (nSPS) is 20.3. The number of hydrogen-bond acceptors (Lipinski definition) is 6. The van der Waals surface area contributed by atoms with Gasteiger partial charge in [0.1, 0.15) is 11.9 Å². The summed E-state index contributed by atoms with van der Waals surface area (Å²) in [6.07, 6.45) is 0.441. The topological polar surface area (TPSA) is 74.5 Å². The molecule has 2 rings (SSSR count). The average molecular weight is 254 g/mol. The van der Waals surface area contributed by atoms with Crippen LogP contribution in [0, 0.1) is 5.92 Å². The molecule has 100 valence electrons. The molecule has 18 heavy (non-hydrogen) atoms. The van der Waals surface area contributed by atoms with Crippen LogP contribution in [0.1, 0.15) is 38.1 Å². The van der Waals surface area contributed by atoms with Crippen LogP contribution in [0.2, 0.25) is 0 Å². The van der Waals surface area contributed by atoms with Crippen molar-refractivity contribution in [3.63, 3.8) is 0 Å². The van der Waals surface area contributed by atoms with Crippen molar-refractivity contribution >= 4 is 5.78 Å². The molecule has 0 bridgehead atoms. The number of Topliss-reactive ketones (excluding diaryl/α,β-unsaturated/α-hetero) is 1. The third kappa shape index (κ3) is 3.61. The second-order valence-electron chi connectivity index (χ2n) is 4.79. The zero-order chi connectivity index (χ0) is 13.0. The third-order valence-electron chi connectivity index (χ3n) is 2.57. The Bertz CT molecular complexity index is 397. The molecule has 0 aliphatic carbocycles. The van der Waals surface area contributed by atoms with E-state index in [-0.39, 0.29) is 18.3 Å². The molecule has 0 spiro atoms. The second kappa shape index (κ2) is 6.06. The van der Waals surface area contributed by atoms with Gasteiger partial charge in [0.15, 0.2) is 0 Å². The quantitative estimate of drug-likeness (QED) is 0.788. The van der Waals surface area contributed by atoms with Crippen LogP contribution in [0.3, 0.4) is 0 Å². The highest BCUT2D eigenvalue weighted by molar-refractivity contribution is 5.80. The summed E-state index contributed by atoms with van der Waals surface area (Å²) < 4.78 is 15.8. The summed E-state index contributed by atoms with van der Waals surface area (Å²) in [5.74, 6) is 1.27. The average Bonchev–Trinajstić information content (AvgIpc) is 2.77. The van der Waals surface area contributed by atoms with Gasteiger partial charge in [0, 0.05) is 6.42 Å². The largest absolute Gasteiger partial charge is 0.376 e. The Hall–Kier alpha value is -1.27. The van der Waals surface area contributed by atoms with E-state index in [1.54, 1.807) is 0 Å². The highest BCUT2D eigenvalue weighted by atomic mass is 16.6. The molecule has 1 aromatic heterocycles. The van der Waals surface area contributed by atoms with Crippen LogP contribution in [0.15, 0.2) is 4.52 Å². The first-order valence-electron chi connectivity index (χ1n) is 6.18. The molecule has 1 aromatic rings. The van der Waals surface area contributed by atoms with Crippen molar-refractivity contribution in [2.75, 3.05) is 19.8 Å². The minimum Gasteiger partial charge on any atom is -0.376 e. The van der Waals surface area contributed by atoms with Gasteiger partial charge in [-0.25, -0.2) is 0 Å². The minimum atomic E-state index is -0.281. The summed E-state index contributed by atoms with van der Waals surface area (Å²) >= 11 is 0. The van der Waals surface area contributed by atoms with Gasteiger partial charge >= 0.3 is 0 Å². The smallest absolute Gasteiger partial charge is 0.234 e. The summed E-state index contributed by atoms with van der Waals surface area (Å²) in [7, 11) is 0. The summed E-state index contributed by atoms with van der Waals surface area (Å²) in [4.78, 5) is 15.8. The Morgan fingerprint density at radius 2 is 2.28 bits per heavy atom. The zero-order valence-electron chi connectivity index (χ0n) is 10.7. The highest BCUT2D eigenvalue weighted by Crippen LogP contribution is 2.18. The number of aromatic nitrogens is 2. The summed E-state index contributed by atoms with van der Waals surface area (Å²) in [5, 5.41) is 3.83. The Kier molecular flexibility index (Phi) is 4.43. The van der Waals surface area contributed by atoms with Crippen LogP contribution in [0.25, 0.3) is 0 Å². The van der Waals surface area contributed by atoms with Crippen molar-refractivity contribution in [3.05, 3.63) is 11.7 Å². The van der Waals surface area contributed by atoms with Crippen LogP contribution in [0.5, 0.6) is 0 Å². The van der Waals surface area contributed by atoms with Gasteiger partial charge in [-0.1, -0.05) is 19.0 Å². The number of ether oxygens (including phenoxy) is 2. The van der Waals surface area contributed by atoms with Crippen LogP contribution in [0.4, 0.5) is 0 Å². The first kappa shape index (κ1) is 13.2. The maximum atomic E-state index is 11.6. The van der Waals surface area contributed by atoms with E-state index in [1.807, 2.05) is 13.8 Å². The number of nitrogens with zero attached hydrogens (tertiary/aromatic N) is 2. The molecule has 6 heteroatoms. The Morgan fingerprint density at radius 3 is 2.94 bits per heavy atom. The van der Waals surface area contributed by atoms with Gasteiger partial charge in [-0.3, -0.25) is 4.79 Å². The molecule has 1 aliphatic heterocycles. The van der Waals surface area contributed by atoms with E-state index in [9.17, 15) is 4.79 Å². The molecule has 0 amide bonds. The summed E-state index contributed by atoms with van der Waals surface area (Å²) in [6.45, 7) is 5.56. The summed E-state index contributed by atoms with van der Waals surface area (Å²) in [5.41, 5.74) is 0. The van der Waals surface area contributed by atoms with E-state index in [1.165, 1.54) is 0 Å². The molecule has 0 saturated carbocycles. The van der Waals surface area contributed by atoms with E-state index in [0.717, 1.165) is 0 Å². The van der Waals surface area contributed by atoms with Crippen molar-refractivity contribution in [1.82, 2.24) is 10.1 Å². The lowest BCUT2D eigenvalue weighted by Gasteiger charge is -2.19. The molecule has 1 fully saturated rings. The lowest BCUT2D eigenvalue weighted by Crippen LogP contribution is -2.22. The van der Waals surface area contributed by atoms with E-state index in [2.05, 4.69) is 10.1 Å². The van der Waals surface area contributed by atoms with E-state index in [0.29, 0.717) is 43.9 Å². The van der Waals surface area contributed by atoms with Gasteiger partial charge in [0.25, 0.3) is 0 Å². The third-order valence-corrected chi connectivity index (χ3v) is 2.57. The number of carbonyl (C=O) groups excluding carboxylic acids is 1. The molecule has 0 N–H and O–H groups in total. The lowest BCUT2D eigenvalue weighted by molar-refractivity contribution is -0.119. The predicted octanol–water partition coefficient (Wildman–Crippen LogP) is 1.32. The van der Waals surface area contributed by atoms with Gasteiger partial charge in [0.05, 0.1) is 26.2 Å². The fourth-order valence-corrected chi connectivity index (χ4v) is 1.80. The fraction of sp³-hybridized carbons (Fsp3) is 0.750. The lowest BCUT2D eigenvalue weighted by atomic mass is 10.1. The molecular weight excluding hydrogens is 236 g/mol. The Morgan fingerprint density at radius 1 is 1.44 bits per heavy atom. The first-order chi connectivity index (χ1) is 8.65. The van der Waals surface area contributed by atoms with E-state index < -0.39 is 0 Å². The van der Waals surface area contributed by atoms with Gasteiger partial charge < -0.3 is 14.0 Å². The second-order valence-corrected chi connectivity index (χ2v) is 4.79. The molecule has 0 radical (unpaired) electrons. The minimum absolute atomic E-state index is 0.112. The van der Waals surface area contributed by atoms with Crippen LogP contribution >= 0.6 is 0 Å². The predicted molar refractivity (Wildman–Crippen MR) is 62.0 cm³/mol. The molecule has 6 nitrogen and oxygen atoms in total. The maximum Gasteiger partial charge on any atom is 0.234 e. The van der Waals surface area contributed by atoms with Crippen LogP contribution < -0.4 is 0 Å². The monoisotopic (exact) mass is 254 g/mol. The molecule has 1 saturated heterocycles. The van der Waals surface area contributed by atoms with Crippen molar-refractivity contribution in [3.8, 4) is 0 Å². The number of ketones is 1. The SMILES string of the molecule is CC(C)CC(=O)Cc1nc(C2COCCO2)no1. The number of carbonyl (C=O) groups is 1. The maximum absolute atomic E-state index is 11.6. The van der Waals surface area contributed by atoms with Crippen molar-refractivity contribution < 1.29 is 18.8 Å². The van der Waals surface area contributed by atoms with Crippen LogP contribution in [-0.2, 0) is 20.7 Å². The van der Waals surface area contributed by atoms with Crippen molar-refractivity contribution in [2.45, 2.75) is 32.8 Å². The van der Waals surface area contributed by atoms with Gasteiger partial charge in [-0.15, -0.1) is 0 Å². The Balaban J connectivity index is 1.91.